The highest BCUT2D eigenvalue weighted by molar-refractivity contribution is 9.10. The number of halogens is 1. The van der Waals surface area contributed by atoms with E-state index in [2.05, 4.69) is 15.9 Å². The first-order valence-electron chi connectivity index (χ1n) is 9.74. The molecule has 0 atom stereocenters. The molecule has 3 rings (SSSR count). The Morgan fingerprint density at radius 3 is 2.46 bits per heavy atom. The maximum absolute atomic E-state index is 12.8. The first-order chi connectivity index (χ1) is 13.3. The van der Waals surface area contributed by atoms with Crippen molar-refractivity contribution in [2.24, 2.45) is 5.92 Å². The maximum atomic E-state index is 12.8. The molecular formula is C23H28BrNO3. The van der Waals surface area contributed by atoms with E-state index in [1.54, 1.807) is 4.90 Å². The van der Waals surface area contributed by atoms with Crippen LogP contribution in [-0.2, 0) is 17.9 Å². The van der Waals surface area contributed by atoms with Gasteiger partial charge in [0.1, 0.15) is 18.0 Å². The van der Waals surface area contributed by atoms with E-state index in [-0.39, 0.29) is 6.09 Å². The van der Waals surface area contributed by atoms with E-state index in [9.17, 15) is 4.79 Å². The summed E-state index contributed by atoms with van der Waals surface area (Å²) in [5.41, 5.74) is 1.56. The molecule has 1 aliphatic carbocycles. The Morgan fingerprint density at radius 2 is 1.82 bits per heavy atom. The van der Waals surface area contributed by atoms with Crippen molar-refractivity contribution in [1.29, 1.82) is 0 Å². The van der Waals surface area contributed by atoms with Gasteiger partial charge in [0.05, 0.1) is 6.54 Å². The SMILES string of the molecule is CC(C)(C)OC(=O)N(Cc1c(Br)cccc1OCc1ccccc1)CC1CC1. The third-order valence-corrected chi connectivity index (χ3v) is 5.23. The summed E-state index contributed by atoms with van der Waals surface area (Å²) in [6.45, 7) is 7.35. The molecule has 0 aromatic heterocycles. The number of carbonyl (C=O) groups is 1. The Morgan fingerprint density at radius 1 is 1.11 bits per heavy atom. The molecule has 1 aliphatic rings. The number of carbonyl (C=O) groups excluding carboxylic acids is 1. The Balaban J connectivity index is 1.76. The average molecular weight is 446 g/mol. The Kier molecular flexibility index (Phi) is 6.65. The Labute approximate surface area is 176 Å². The summed E-state index contributed by atoms with van der Waals surface area (Å²) in [6, 6.07) is 16.0. The van der Waals surface area contributed by atoms with Crippen LogP contribution in [0.3, 0.4) is 0 Å². The van der Waals surface area contributed by atoms with Crippen LogP contribution in [0.5, 0.6) is 5.75 Å². The van der Waals surface area contributed by atoms with Crippen LogP contribution in [0.25, 0.3) is 0 Å². The lowest BCUT2D eigenvalue weighted by molar-refractivity contribution is 0.0222. The van der Waals surface area contributed by atoms with E-state index in [1.807, 2.05) is 69.3 Å². The highest BCUT2D eigenvalue weighted by atomic mass is 79.9. The minimum absolute atomic E-state index is 0.274. The average Bonchev–Trinajstić information content (AvgIpc) is 3.45. The van der Waals surface area contributed by atoms with Gasteiger partial charge < -0.3 is 14.4 Å². The van der Waals surface area contributed by atoms with E-state index < -0.39 is 5.60 Å². The molecule has 0 heterocycles. The maximum Gasteiger partial charge on any atom is 0.410 e. The third kappa shape index (κ3) is 6.26. The monoisotopic (exact) mass is 445 g/mol. The van der Waals surface area contributed by atoms with Crippen molar-refractivity contribution < 1.29 is 14.3 Å². The van der Waals surface area contributed by atoms with Crippen LogP contribution in [0.4, 0.5) is 4.79 Å². The van der Waals surface area contributed by atoms with Crippen LogP contribution in [0, 0.1) is 5.92 Å². The largest absolute Gasteiger partial charge is 0.489 e. The van der Waals surface area contributed by atoms with E-state index >= 15 is 0 Å². The van der Waals surface area contributed by atoms with E-state index in [4.69, 9.17) is 9.47 Å². The van der Waals surface area contributed by atoms with Gasteiger partial charge in [-0.1, -0.05) is 52.3 Å². The minimum atomic E-state index is -0.514. The minimum Gasteiger partial charge on any atom is -0.489 e. The number of nitrogens with zero attached hydrogens (tertiary/aromatic N) is 1. The lowest BCUT2D eigenvalue weighted by Gasteiger charge is -2.28. The molecule has 0 N–H and O–H groups in total. The van der Waals surface area contributed by atoms with Crippen LogP contribution in [0.2, 0.25) is 0 Å². The van der Waals surface area contributed by atoms with Gasteiger partial charge in [0, 0.05) is 16.6 Å². The van der Waals surface area contributed by atoms with Gasteiger partial charge in [0.15, 0.2) is 0 Å². The zero-order chi connectivity index (χ0) is 20.1. The van der Waals surface area contributed by atoms with Crippen molar-refractivity contribution in [3.8, 4) is 5.75 Å². The second-order valence-corrected chi connectivity index (χ2v) is 9.15. The molecule has 2 aromatic carbocycles. The second-order valence-electron chi connectivity index (χ2n) is 8.30. The molecule has 5 heteroatoms. The molecule has 0 spiro atoms. The van der Waals surface area contributed by atoms with Crippen LogP contribution >= 0.6 is 15.9 Å². The Hall–Kier alpha value is -2.01. The van der Waals surface area contributed by atoms with Crippen molar-refractivity contribution in [1.82, 2.24) is 4.90 Å². The third-order valence-electron chi connectivity index (χ3n) is 4.49. The summed E-state index contributed by atoms with van der Waals surface area (Å²) in [6.07, 6.45) is 2.07. The number of rotatable bonds is 7. The highest BCUT2D eigenvalue weighted by Crippen LogP contribution is 2.33. The fourth-order valence-electron chi connectivity index (χ4n) is 2.90. The number of benzene rings is 2. The van der Waals surface area contributed by atoms with Gasteiger partial charge >= 0.3 is 6.09 Å². The van der Waals surface area contributed by atoms with E-state index in [1.165, 1.54) is 12.8 Å². The van der Waals surface area contributed by atoms with Crippen molar-refractivity contribution in [2.45, 2.75) is 52.4 Å². The van der Waals surface area contributed by atoms with Crippen LogP contribution in [0.1, 0.15) is 44.7 Å². The summed E-state index contributed by atoms with van der Waals surface area (Å²) in [4.78, 5) is 14.6. The van der Waals surface area contributed by atoms with Gasteiger partial charge in [-0.25, -0.2) is 4.79 Å². The standard InChI is InChI=1S/C23H28BrNO3/c1-23(2,3)28-22(26)25(14-17-12-13-17)15-19-20(24)10-7-11-21(19)27-16-18-8-5-4-6-9-18/h4-11,17H,12-16H2,1-3H3. The molecule has 1 amide bonds. The molecule has 0 bridgehead atoms. The van der Waals surface area contributed by atoms with Crippen LogP contribution in [0.15, 0.2) is 53.0 Å². The molecule has 28 heavy (non-hydrogen) atoms. The first-order valence-corrected chi connectivity index (χ1v) is 10.5. The lowest BCUT2D eigenvalue weighted by Crippen LogP contribution is -2.37. The fraction of sp³-hybridized carbons (Fsp3) is 0.435. The lowest BCUT2D eigenvalue weighted by atomic mass is 10.1. The molecule has 0 unspecified atom stereocenters. The summed E-state index contributed by atoms with van der Waals surface area (Å²) >= 11 is 3.64. The predicted molar refractivity (Wildman–Crippen MR) is 114 cm³/mol. The van der Waals surface area contributed by atoms with Crippen molar-refractivity contribution in [2.75, 3.05) is 6.54 Å². The summed E-state index contributed by atoms with van der Waals surface area (Å²) in [5, 5.41) is 0. The zero-order valence-corrected chi connectivity index (χ0v) is 18.4. The van der Waals surface area contributed by atoms with Crippen molar-refractivity contribution in [3.05, 3.63) is 64.1 Å². The zero-order valence-electron chi connectivity index (χ0n) is 16.8. The molecule has 0 saturated heterocycles. The Bertz CT molecular complexity index is 797. The molecule has 2 aromatic rings. The van der Waals surface area contributed by atoms with Gasteiger partial charge in [-0.2, -0.15) is 0 Å². The van der Waals surface area contributed by atoms with Gasteiger partial charge in [-0.3, -0.25) is 0 Å². The van der Waals surface area contributed by atoms with Gasteiger partial charge in [0.25, 0.3) is 0 Å². The van der Waals surface area contributed by atoms with E-state index in [0.717, 1.165) is 21.3 Å². The summed E-state index contributed by atoms with van der Waals surface area (Å²) < 4.78 is 12.7. The predicted octanol–water partition coefficient (Wildman–Crippen LogP) is 6.18. The molecule has 150 valence electrons. The number of ether oxygens (including phenoxy) is 2. The van der Waals surface area contributed by atoms with Gasteiger partial charge in [0.2, 0.25) is 0 Å². The number of amides is 1. The summed E-state index contributed by atoms with van der Waals surface area (Å²) in [7, 11) is 0. The highest BCUT2D eigenvalue weighted by Gasteiger charge is 2.30. The van der Waals surface area contributed by atoms with Crippen LogP contribution in [-0.4, -0.2) is 23.1 Å². The van der Waals surface area contributed by atoms with E-state index in [0.29, 0.717) is 25.6 Å². The molecule has 1 fully saturated rings. The summed E-state index contributed by atoms with van der Waals surface area (Å²) in [5.74, 6) is 1.35. The fourth-order valence-corrected chi connectivity index (χ4v) is 3.37. The van der Waals surface area contributed by atoms with Crippen molar-refractivity contribution >= 4 is 22.0 Å². The molecule has 0 radical (unpaired) electrons. The van der Waals surface area contributed by atoms with Crippen molar-refractivity contribution in [3.63, 3.8) is 0 Å². The van der Waals surface area contributed by atoms with Gasteiger partial charge in [-0.05, 0) is 57.2 Å². The number of hydrogen-bond acceptors (Lipinski definition) is 3. The normalized spacial score (nSPS) is 13.9. The second kappa shape index (κ2) is 8.99. The quantitative estimate of drug-likeness (QED) is 0.510. The molecular weight excluding hydrogens is 418 g/mol. The topological polar surface area (TPSA) is 38.8 Å². The molecule has 4 nitrogen and oxygen atoms in total. The molecule has 0 aliphatic heterocycles. The van der Waals surface area contributed by atoms with Crippen LogP contribution < -0.4 is 4.74 Å². The van der Waals surface area contributed by atoms with Gasteiger partial charge in [-0.15, -0.1) is 0 Å². The smallest absolute Gasteiger partial charge is 0.410 e. The first kappa shape index (κ1) is 20.7. The number of hydrogen-bond donors (Lipinski definition) is 0. The molecule has 1 saturated carbocycles.